The molecular weight excluding hydrogens is 1710 g/mol. The third-order valence-corrected chi connectivity index (χ3v) is 24.6. The Morgan fingerprint density at radius 3 is 1.33 bits per heavy atom. The molecule has 0 radical (unpaired) electrons. The summed E-state index contributed by atoms with van der Waals surface area (Å²) in [6.07, 6.45) is 1.37. The van der Waals surface area contributed by atoms with Gasteiger partial charge in [-0.1, -0.05) is 81.8 Å². The van der Waals surface area contributed by atoms with Gasteiger partial charge in [0.15, 0.2) is 47.7 Å². The quantitative estimate of drug-likeness (QED) is 0.0333. The van der Waals surface area contributed by atoms with Gasteiger partial charge in [-0.2, -0.15) is 8.42 Å². The molecule has 0 unspecified atom stereocenters. The smallest absolute Gasteiger partial charge is 0.872 e. The molecule has 534 valence electrons. The number of hydrogen-bond donors (Lipinski definition) is 4. The van der Waals surface area contributed by atoms with Crippen molar-refractivity contribution in [2.45, 2.75) is 137 Å². The summed E-state index contributed by atoms with van der Waals surface area (Å²) < 4.78 is 59.5. The van der Waals surface area contributed by atoms with Gasteiger partial charge in [-0.25, -0.2) is 43.3 Å². The van der Waals surface area contributed by atoms with Crippen molar-refractivity contribution in [3.63, 3.8) is 0 Å². The van der Waals surface area contributed by atoms with Gasteiger partial charge in [-0.05, 0) is 208 Å². The summed E-state index contributed by atoms with van der Waals surface area (Å²) in [6.45, 7) is 27.6. The van der Waals surface area contributed by atoms with Crippen molar-refractivity contribution in [1.29, 1.82) is 0 Å². The molecule has 0 aliphatic rings. The number of anilines is 4. The number of thiazole rings is 4. The molecule has 12 aromatic rings. The maximum atomic E-state index is 13.0. The molecule has 12 rings (SSSR count). The first-order chi connectivity index (χ1) is 48.0. The number of sulfone groups is 1. The SMILES string of the molecule is CC(=O)c1ccc(C)c(Br)c1CC(=O)c1csc(NC(C)C)n1.Cc1ccc(S(=O)(=O)Oc2cc(-c3csc(NC(C)C)n3)nc3c(Br)c(C)ccc23)cc1.Cc1ccc2c(S(C)(=O)=O)cc(-c3csc(NC(C)C)n3)nc2c1Br.Cc1ccc2c([O-])cc(-c3csc(NC(C)C)n3)nc2c1Br.[K+]. The third kappa shape index (κ3) is 21.2. The first-order valence-corrected chi connectivity index (χ1v) is 41.9. The molecule has 0 saturated heterocycles. The molecule has 5 aromatic carbocycles. The Labute approximate surface area is 692 Å². The zero-order valence-electron chi connectivity index (χ0n) is 59.3. The maximum Gasteiger partial charge on any atom is 1.00 e. The van der Waals surface area contributed by atoms with E-state index in [9.17, 15) is 31.5 Å². The van der Waals surface area contributed by atoms with Crippen molar-refractivity contribution in [2.24, 2.45) is 0 Å². The number of Topliss-reactive ketones (excluding diaryl/α,β-unsaturated/α-hetero) is 2. The van der Waals surface area contributed by atoms with Crippen LogP contribution in [0.1, 0.15) is 117 Å². The molecule has 0 aliphatic heterocycles. The number of carbonyl (C=O) groups excluding carboxylic acids is 2. The van der Waals surface area contributed by atoms with Crippen LogP contribution in [0.5, 0.6) is 11.5 Å². The number of halogens is 4. The molecule has 7 aromatic heterocycles. The number of aryl methyl sites for hydroxylation is 5. The van der Waals surface area contributed by atoms with E-state index in [1.807, 2.05) is 129 Å². The topological polar surface area (TPSA) is 273 Å². The van der Waals surface area contributed by atoms with Crippen LogP contribution in [-0.4, -0.2) is 93.7 Å². The van der Waals surface area contributed by atoms with E-state index < -0.39 is 20.0 Å². The van der Waals surface area contributed by atoms with Gasteiger partial charge in [-0.3, -0.25) is 9.59 Å². The van der Waals surface area contributed by atoms with Gasteiger partial charge in [0, 0.05) is 98.7 Å². The number of ketones is 2. The van der Waals surface area contributed by atoms with Gasteiger partial charge in [0.1, 0.15) is 27.7 Å². The second-order valence-corrected chi connectivity index (χ2v) is 35.3. The first kappa shape index (κ1) is 83.1. The van der Waals surface area contributed by atoms with Crippen LogP contribution in [0.3, 0.4) is 0 Å². The number of nitrogens with zero attached hydrogens (tertiary/aromatic N) is 7. The van der Waals surface area contributed by atoms with Gasteiger partial charge < -0.3 is 30.6 Å². The predicted octanol–water partition coefficient (Wildman–Crippen LogP) is 17.0. The molecule has 30 heteroatoms. The summed E-state index contributed by atoms with van der Waals surface area (Å²) in [4.78, 5) is 56.8. The van der Waals surface area contributed by atoms with Gasteiger partial charge >= 0.3 is 61.5 Å². The Morgan fingerprint density at radius 1 is 0.485 bits per heavy atom. The first-order valence-electron chi connectivity index (χ1n) is 31.9. The zero-order chi connectivity index (χ0) is 74.4. The molecule has 0 aliphatic carbocycles. The molecule has 7 heterocycles. The predicted molar refractivity (Wildman–Crippen MR) is 431 cm³/mol. The number of aromatic nitrogens is 7. The Morgan fingerprint density at radius 2 is 0.874 bits per heavy atom. The van der Waals surface area contributed by atoms with E-state index in [0.29, 0.717) is 78.5 Å². The number of fused-ring (bicyclic) bond motifs is 3. The number of carbonyl (C=O) groups is 2. The largest absolute Gasteiger partial charge is 1.00 e. The van der Waals surface area contributed by atoms with E-state index >= 15 is 0 Å². The van der Waals surface area contributed by atoms with E-state index in [1.54, 1.807) is 60.0 Å². The van der Waals surface area contributed by atoms with Gasteiger partial charge in [0.05, 0.1) is 38.5 Å². The molecule has 0 spiro atoms. The molecule has 0 bridgehead atoms. The van der Waals surface area contributed by atoms with Gasteiger partial charge in [-0.15, -0.1) is 45.3 Å². The van der Waals surface area contributed by atoms with Crippen molar-refractivity contribution in [3.05, 3.63) is 175 Å². The molecular formula is C73H74Br4KN11O8S6. The summed E-state index contributed by atoms with van der Waals surface area (Å²) in [5, 5.41) is 37.7. The molecule has 0 fully saturated rings. The van der Waals surface area contributed by atoms with E-state index in [1.165, 1.54) is 58.5 Å². The van der Waals surface area contributed by atoms with Crippen molar-refractivity contribution in [2.75, 3.05) is 27.5 Å². The molecule has 103 heavy (non-hydrogen) atoms. The average molecular weight is 1780 g/mol. The Hall–Kier alpha value is -5.55. The minimum atomic E-state index is -4.03. The van der Waals surface area contributed by atoms with Crippen LogP contribution in [0, 0.1) is 34.6 Å². The van der Waals surface area contributed by atoms with Crippen molar-refractivity contribution in [1.82, 2.24) is 34.9 Å². The van der Waals surface area contributed by atoms with Crippen LogP contribution in [0.4, 0.5) is 20.5 Å². The minimum absolute atomic E-state index is 0. The summed E-state index contributed by atoms with van der Waals surface area (Å²) >= 11 is 20.0. The van der Waals surface area contributed by atoms with Crippen LogP contribution >= 0.6 is 109 Å². The second kappa shape index (κ2) is 35.9. The fraction of sp³-hybridized carbons (Fsp3) is 0.274. The molecule has 19 nitrogen and oxygen atoms in total. The van der Waals surface area contributed by atoms with E-state index in [-0.39, 0.29) is 109 Å². The van der Waals surface area contributed by atoms with E-state index in [0.717, 1.165) is 77.5 Å². The third-order valence-electron chi connectivity index (χ3n) is 15.0. The van der Waals surface area contributed by atoms with Crippen molar-refractivity contribution >= 4 is 194 Å². The molecule has 0 saturated carbocycles. The van der Waals surface area contributed by atoms with Crippen molar-refractivity contribution < 1.29 is 87.1 Å². The average Bonchev–Trinajstić information content (AvgIpc) is 0.918. The van der Waals surface area contributed by atoms with E-state index in [2.05, 4.69) is 129 Å². The fourth-order valence-electron chi connectivity index (χ4n) is 9.95. The molecule has 4 N–H and O–H groups in total. The fourth-order valence-corrected chi connectivity index (χ4v) is 17.0. The van der Waals surface area contributed by atoms with Crippen LogP contribution < -0.4 is 81.9 Å². The number of pyridine rings is 3. The Kier molecular flexibility index (Phi) is 29.0. The number of nitrogens with one attached hydrogen (secondary N) is 4. The summed E-state index contributed by atoms with van der Waals surface area (Å²) in [5.74, 6) is 0.0329. The summed E-state index contributed by atoms with van der Waals surface area (Å²) in [7, 11) is -7.43. The van der Waals surface area contributed by atoms with Crippen LogP contribution in [0.15, 0.2) is 140 Å². The van der Waals surface area contributed by atoms with Crippen LogP contribution in [-0.2, 0) is 26.4 Å². The number of rotatable bonds is 19. The Balaban J connectivity index is 0.000000175. The zero-order valence-corrected chi connectivity index (χ0v) is 73.7. The van der Waals surface area contributed by atoms with Crippen molar-refractivity contribution in [3.8, 4) is 45.7 Å². The standard InChI is InChI=1S/C23H22BrN3O3S2.C17H18BrN3O2S2.C17H19BrN2O2S.C16H16BrN3OS.K/c1-13(2)25-23-27-19(12-31-23)18-11-20(17-10-7-15(4)21(24)22(17)26-18)30-32(28,29)16-8-5-14(3)6-9-16;1-9(2)19-17-21-13(8-24-17)12-7-14(25(4,22)23)11-6-5-10(3)15(18)16(11)20-12;1-9(2)19-17-20-14(8-23-17)15(22)7-13-12(11(4)21)6-5-10(3)16(13)18;1-8(2)18-16-20-12(7-22-16)11-6-13(21)10-5-4-9(3)14(17)15(10)19-11;/h5-13H,1-4H3,(H,25,27);5-9H,1-4H3,(H,19,21);5-6,8-9H,7H2,1-4H3,(H,19,20);4-8H,1-3H3,(H,18,20)(H,19,21);/q;;;;+1/p-1. The normalized spacial score (nSPS) is 11.4. The number of hydrogen-bond acceptors (Lipinski definition) is 23. The van der Waals surface area contributed by atoms with Crippen LogP contribution in [0.25, 0.3) is 66.9 Å². The minimum Gasteiger partial charge on any atom is -0.872 e. The summed E-state index contributed by atoms with van der Waals surface area (Å²) in [5.41, 5.74) is 12.4. The number of benzene rings is 5. The summed E-state index contributed by atoms with van der Waals surface area (Å²) in [6, 6.07) is 27.2. The maximum absolute atomic E-state index is 13.0. The van der Waals surface area contributed by atoms with E-state index in [4.69, 9.17) is 9.17 Å². The monoisotopic (exact) mass is 1780 g/mol. The van der Waals surface area contributed by atoms with Gasteiger partial charge in [0.25, 0.3) is 0 Å². The molecule has 0 atom stereocenters. The second-order valence-electron chi connectivity index (χ2n) is 25.1. The Bertz CT molecular complexity index is 5360. The van der Waals surface area contributed by atoms with Gasteiger partial charge in [0.2, 0.25) is 0 Å². The molecule has 0 amide bonds. The van der Waals surface area contributed by atoms with Crippen LogP contribution in [0.2, 0.25) is 0 Å².